The maximum absolute atomic E-state index is 5.68. The first-order valence-electron chi connectivity index (χ1n) is 6.44. The molecule has 0 radical (unpaired) electrons. The first-order chi connectivity index (χ1) is 8.02. The van der Waals surface area contributed by atoms with Gasteiger partial charge in [0.25, 0.3) is 0 Å². The molecular formula is C15H21BrO. The van der Waals surface area contributed by atoms with E-state index >= 15 is 0 Å². The Morgan fingerprint density at radius 2 is 1.94 bits per heavy atom. The maximum Gasteiger partial charge on any atom is 0.0870 e. The van der Waals surface area contributed by atoms with Crippen molar-refractivity contribution in [3.63, 3.8) is 0 Å². The maximum atomic E-state index is 5.68. The average molecular weight is 297 g/mol. The summed E-state index contributed by atoms with van der Waals surface area (Å²) in [5.41, 5.74) is 4.13. The van der Waals surface area contributed by atoms with E-state index in [-0.39, 0.29) is 0 Å². The smallest absolute Gasteiger partial charge is 0.0870 e. The first kappa shape index (κ1) is 13.1. The van der Waals surface area contributed by atoms with Gasteiger partial charge in [-0.25, -0.2) is 0 Å². The predicted molar refractivity (Wildman–Crippen MR) is 75.4 cm³/mol. The van der Waals surface area contributed by atoms with Crippen molar-refractivity contribution < 1.29 is 4.74 Å². The van der Waals surface area contributed by atoms with E-state index in [4.69, 9.17) is 4.74 Å². The summed E-state index contributed by atoms with van der Waals surface area (Å²) in [4.78, 5) is 0. The molecule has 0 aliphatic carbocycles. The van der Waals surface area contributed by atoms with E-state index in [1.54, 1.807) is 0 Å². The molecule has 0 N–H and O–H groups in total. The number of aryl methyl sites for hydroxylation is 2. The van der Waals surface area contributed by atoms with Gasteiger partial charge < -0.3 is 4.74 Å². The fourth-order valence-corrected chi connectivity index (χ4v) is 3.07. The highest BCUT2D eigenvalue weighted by molar-refractivity contribution is 9.10. The van der Waals surface area contributed by atoms with Crippen molar-refractivity contribution >= 4 is 15.9 Å². The van der Waals surface area contributed by atoms with Gasteiger partial charge in [-0.1, -0.05) is 35.8 Å². The van der Waals surface area contributed by atoms with Crippen LogP contribution < -0.4 is 0 Å². The highest BCUT2D eigenvalue weighted by Crippen LogP contribution is 2.35. The molecule has 0 spiro atoms. The Bertz CT molecular complexity index is 414. The Balaban J connectivity index is 2.06. The zero-order valence-corrected chi connectivity index (χ0v) is 12.7. The van der Waals surface area contributed by atoms with Crippen molar-refractivity contribution in [2.45, 2.75) is 52.7 Å². The number of benzene rings is 1. The Morgan fingerprint density at radius 3 is 2.53 bits per heavy atom. The fraction of sp³-hybridized carbons (Fsp3) is 0.600. The van der Waals surface area contributed by atoms with Gasteiger partial charge in [-0.2, -0.15) is 0 Å². The molecule has 0 amide bonds. The zero-order valence-electron chi connectivity index (χ0n) is 11.1. The zero-order chi connectivity index (χ0) is 12.6. The topological polar surface area (TPSA) is 12.5 Å². The van der Waals surface area contributed by atoms with Crippen LogP contribution in [0.15, 0.2) is 16.6 Å². The Hall–Kier alpha value is -0.340. The third-order valence-electron chi connectivity index (χ3n) is 3.79. The summed E-state index contributed by atoms with van der Waals surface area (Å²) >= 11 is 3.67. The highest BCUT2D eigenvalue weighted by atomic mass is 79.9. The van der Waals surface area contributed by atoms with Crippen molar-refractivity contribution in [1.82, 2.24) is 0 Å². The van der Waals surface area contributed by atoms with Crippen LogP contribution in [0.1, 0.15) is 37.0 Å². The molecule has 94 valence electrons. The third-order valence-corrected chi connectivity index (χ3v) is 4.53. The van der Waals surface area contributed by atoms with Gasteiger partial charge in [0.2, 0.25) is 0 Å². The Labute approximate surface area is 113 Å². The lowest BCUT2D eigenvalue weighted by atomic mass is 9.94. The second-order valence-corrected chi connectivity index (χ2v) is 6.11. The Kier molecular flexibility index (Phi) is 3.94. The molecule has 2 rings (SSSR count). The number of hydrogen-bond donors (Lipinski definition) is 0. The van der Waals surface area contributed by atoms with Gasteiger partial charge in [0.15, 0.2) is 0 Å². The largest absolute Gasteiger partial charge is 0.369 e. The third kappa shape index (κ3) is 2.92. The van der Waals surface area contributed by atoms with E-state index in [1.165, 1.54) is 21.2 Å². The van der Waals surface area contributed by atoms with Crippen molar-refractivity contribution in [3.05, 3.63) is 33.3 Å². The minimum absolute atomic E-state index is 0.480. The van der Waals surface area contributed by atoms with Gasteiger partial charge in [-0.3, -0.25) is 0 Å². The molecule has 1 aliphatic rings. The van der Waals surface area contributed by atoms with Gasteiger partial charge in [0.05, 0.1) is 12.2 Å². The predicted octanol–water partition coefficient (Wildman–Crippen LogP) is 4.42. The SMILES string of the molecule is CCC1OC1C(C)Cc1cc(C)c(C)cc1Br. The normalized spacial score (nSPS) is 24.8. The van der Waals surface area contributed by atoms with Crippen LogP contribution in [-0.4, -0.2) is 12.2 Å². The molecule has 0 bridgehead atoms. The number of epoxide rings is 1. The molecule has 1 nitrogen and oxygen atoms in total. The molecule has 1 saturated heterocycles. The van der Waals surface area contributed by atoms with E-state index in [0.717, 1.165) is 12.8 Å². The minimum Gasteiger partial charge on any atom is -0.369 e. The molecule has 1 aliphatic heterocycles. The van der Waals surface area contributed by atoms with Crippen LogP contribution in [0.2, 0.25) is 0 Å². The van der Waals surface area contributed by atoms with Crippen LogP contribution in [-0.2, 0) is 11.2 Å². The second kappa shape index (κ2) is 5.11. The first-order valence-corrected chi connectivity index (χ1v) is 7.23. The highest BCUT2D eigenvalue weighted by Gasteiger charge is 2.41. The molecule has 1 aromatic rings. The quantitative estimate of drug-likeness (QED) is 0.749. The van der Waals surface area contributed by atoms with Crippen LogP contribution in [0.3, 0.4) is 0 Å². The summed E-state index contributed by atoms with van der Waals surface area (Å²) in [6.07, 6.45) is 3.23. The van der Waals surface area contributed by atoms with Crippen molar-refractivity contribution in [3.8, 4) is 0 Å². The number of hydrogen-bond acceptors (Lipinski definition) is 1. The summed E-state index contributed by atoms with van der Waals surface area (Å²) in [5, 5.41) is 0. The summed E-state index contributed by atoms with van der Waals surface area (Å²) < 4.78 is 6.92. The van der Waals surface area contributed by atoms with Crippen molar-refractivity contribution in [2.24, 2.45) is 5.92 Å². The number of ether oxygens (including phenoxy) is 1. The molecule has 3 atom stereocenters. The molecule has 1 aromatic carbocycles. The minimum atomic E-state index is 0.480. The molecule has 2 heteroatoms. The van der Waals surface area contributed by atoms with Gasteiger partial charge in [-0.05, 0) is 55.4 Å². The molecule has 1 fully saturated rings. The van der Waals surface area contributed by atoms with Crippen LogP contribution in [0.4, 0.5) is 0 Å². The lowest BCUT2D eigenvalue weighted by Gasteiger charge is -2.12. The molecule has 1 heterocycles. The van der Waals surface area contributed by atoms with Crippen LogP contribution in [0.25, 0.3) is 0 Å². The van der Waals surface area contributed by atoms with Gasteiger partial charge in [0, 0.05) is 4.47 Å². The lowest BCUT2D eigenvalue weighted by molar-refractivity contribution is 0.322. The van der Waals surface area contributed by atoms with Crippen molar-refractivity contribution in [2.75, 3.05) is 0 Å². The molecule has 0 saturated carbocycles. The van der Waals surface area contributed by atoms with Crippen LogP contribution in [0.5, 0.6) is 0 Å². The monoisotopic (exact) mass is 296 g/mol. The van der Waals surface area contributed by atoms with E-state index in [1.807, 2.05) is 0 Å². The van der Waals surface area contributed by atoms with E-state index < -0.39 is 0 Å². The van der Waals surface area contributed by atoms with E-state index in [0.29, 0.717) is 18.1 Å². The molecule has 17 heavy (non-hydrogen) atoms. The van der Waals surface area contributed by atoms with Crippen molar-refractivity contribution in [1.29, 1.82) is 0 Å². The van der Waals surface area contributed by atoms with E-state index in [2.05, 4.69) is 55.8 Å². The Morgan fingerprint density at radius 1 is 1.29 bits per heavy atom. The summed E-state index contributed by atoms with van der Waals surface area (Å²) in [5.74, 6) is 0.610. The van der Waals surface area contributed by atoms with Gasteiger partial charge in [-0.15, -0.1) is 0 Å². The molecular weight excluding hydrogens is 276 g/mol. The summed E-state index contributed by atoms with van der Waals surface area (Å²) in [7, 11) is 0. The lowest BCUT2D eigenvalue weighted by Crippen LogP contribution is -2.10. The average Bonchev–Trinajstić information content (AvgIpc) is 3.05. The number of rotatable bonds is 4. The van der Waals surface area contributed by atoms with Gasteiger partial charge >= 0.3 is 0 Å². The molecule has 0 aromatic heterocycles. The van der Waals surface area contributed by atoms with Crippen LogP contribution in [0, 0.1) is 19.8 Å². The van der Waals surface area contributed by atoms with E-state index in [9.17, 15) is 0 Å². The van der Waals surface area contributed by atoms with Crippen LogP contribution >= 0.6 is 15.9 Å². The molecule has 3 unspecified atom stereocenters. The standard InChI is InChI=1S/C15H21BrO/c1-5-14-15(17-14)11(4)7-12-6-9(2)10(3)8-13(12)16/h6,8,11,14-15H,5,7H2,1-4H3. The number of halogens is 1. The summed E-state index contributed by atoms with van der Waals surface area (Å²) in [6.45, 7) is 8.83. The fourth-order valence-electron chi connectivity index (χ4n) is 2.45. The summed E-state index contributed by atoms with van der Waals surface area (Å²) in [6, 6.07) is 4.53. The second-order valence-electron chi connectivity index (χ2n) is 5.26. The van der Waals surface area contributed by atoms with Gasteiger partial charge in [0.1, 0.15) is 0 Å².